The van der Waals surface area contributed by atoms with Crippen LogP contribution in [0.3, 0.4) is 0 Å². The first-order valence-electron chi connectivity index (χ1n) is 8.56. The van der Waals surface area contributed by atoms with Gasteiger partial charge >= 0.3 is 0 Å². The predicted octanol–water partition coefficient (Wildman–Crippen LogP) is 3.18. The number of anilines is 1. The van der Waals surface area contributed by atoms with Crippen LogP contribution in [0, 0.1) is 0 Å². The van der Waals surface area contributed by atoms with E-state index in [1.807, 2.05) is 24.3 Å². The zero-order valence-electron chi connectivity index (χ0n) is 14.2. The molecular formula is C20H19N3O2S. The first-order chi connectivity index (χ1) is 12.7. The zero-order valence-corrected chi connectivity index (χ0v) is 15.0. The van der Waals surface area contributed by atoms with Crippen molar-refractivity contribution in [3.63, 3.8) is 0 Å². The van der Waals surface area contributed by atoms with E-state index < -0.39 is 0 Å². The van der Waals surface area contributed by atoms with Crippen molar-refractivity contribution < 1.29 is 9.90 Å². The Hall–Kier alpha value is -2.73. The maximum Gasteiger partial charge on any atom is 0.286 e. The van der Waals surface area contributed by atoms with Gasteiger partial charge in [0.2, 0.25) is 0 Å². The molecule has 2 aliphatic heterocycles. The molecule has 6 heteroatoms. The zero-order chi connectivity index (χ0) is 17.9. The predicted molar refractivity (Wildman–Crippen MR) is 106 cm³/mol. The van der Waals surface area contributed by atoms with Crippen LogP contribution in [0.2, 0.25) is 0 Å². The number of hydrogen-bond donors (Lipinski definition) is 1. The molecule has 0 aliphatic carbocycles. The number of benzene rings is 2. The molecule has 4 rings (SSSR count). The summed E-state index contributed by atoms with van der Waals surface area (Å²) in [5.74, 6) is -0.0722. The number of hydrogen-bond acceptors (Lipinski definition) is 5. The molecule has 0 bridgehead atoms. The Labute approximate surface area is 156 Å². The largest absolute Gasteiger partial charge is 0.507 e. The van der Waals surface area contributed by atoms with Crippen LogP contribution >= 0.6 is 11.8 Å². The Balaban J connectivity index is 1.42. The van der Waals surface area contributed by atoms with E-state index in [1.165, 1.54) is 17.4 Å². The van der Waals surface area contributed by atoms with Gasteiger partial charge in [0.15, 0.2) is 5.17 Å². The molecule has 1 N–H and O–H groups in total. The number of aromatic hydroxyl groups is 1. The molecular weight excluding hydrogens is 346 g/mol. The summed E-state index contributed by atoms with van der Waals surface area (Å²) in [5.41, 5.74) is 1.86. The molecule has 5 nitrogen and oxygen atoms in total. The molecule has 0 spiro atoms. The van der Waals surface area contributed by atoms with Crippen LogP contribution < -0.4 is 4.90 Å². The second-order valence-electron chi connectivity index (χ2n) is 6.18. The number of nitrogens with zero attached hydrogens (tertiary/aromatic N) is 3. The quantitative estimate of drug-likeness (QED) is 0.829. The number of para-hydroxylation sites is 2. The van der Waals surface area contributed by atoms with Gasteiger partial charge in [-0.2, -0.15) is 4.99 Å². The van der Waals surface area contributed by atoms with Crippen molar-refractivity contribution in [1.29, 1.82) is 0 Å². The van der Waals surface area contributed by atoms with E-state index in [0.717, 1.165) is 31.3 Å². The fourth-order valence-electron chi connectivity index (χ4n) is 3.08. The summed E-state index contributed by atoms with van der Waals surface area (Å²) in [4.78, 5) is 21.5. The van der Waals surface area contributed by atoms with E-state index in [-0.39, 0.29) is 11.7 Å². The Kier molecular flexibility index (Phi) is 4.67. The molecule has 1 fully saturated rings. The van der Waals surface area contributed by atoms with Crippen molar-refractivity contribution >= 4 is 34.6 Å². The molecule has 2 aromatic carbocycles. The average molecular weight is 365 g/mol. The summed E-state index contributed by atoms with van der Waals surface area (Å²) in [6.07, 6.45) is 1.71. The average Bonchev–Trinajstić information content (AvgIpc) is 3.05. The minimum absolute atomic E-state index is 0.165. The third kappa shape index (κ3) is 3.46. The lowest BCUT2D eigenvalue weighted by Crippen LogP contribution is -2.47. The third-order valence-corrected chi connectivity index (χ3v) is 5.55. The lowest BCUT2D eigenvalue weighted by molar-refractivity contribution is -0.113. The summed E-state index contributed by atoms with van der Waals surface area (Å²) in [6.45, 7) is 3.46. The molecule has 2 aliphatic rings. The molecule has 0 aromatic heterocycles. The van der Waals surface area contributed by atoms with Gasteiger partial charge in [0, 0.05) is 37.4 Å². The lowest BCUT2D eigenvalue weighted by Gasteiger charge is -2.36. The van der Waals surface area contributed by atoms with Crippen LogP contribution in [-0.4, -0.2) is 47.3 Å². The SMILES string of the molecule is O=C1N=C(N2CCN(c3ccccc3)CC2)S/C1=C\c1ccccc1O. The van der Waals surface area contributed by atoms with Crippen molar-refractivity contribution in [2.45, 2.75) is 0 Å². The lowest BCUT2D eigenvalue weighted by atomic mass is 10.2. The first-order valence-corrected chi connectivity index (χ1v) is 9.38. The van der Waals surface area contributed by atoms with Gasteiger partial charge in [0.25, 0.3) is 5.91 Å². The Morgan fingerprint density at radius 1 is 0.923 bits per heavy atom. The van der Waals surface area contributed by atoms with E-state index in [1.54, 1.807) is 24.3 Å². The van der Waals surface area contributed by atoms with E-state index >= 15 is 0 Å². The normalized spacial score (nSPS) is 19.2. The molecule has 0 unspecified atom stereocenters. The van der Waals surface area contributed by atoms with Gasteiger partial charge in [-0.1, -0.05) is 36.4 Å². The molecule has 2 heterocycles. The molecule has 0 radical (unpaired) electrons. The van der Waals surface area contributed by atoms with Crippen molar-refractivity contribution in [2.75, 3.05) is 31.1 Å². The number of phenolic OH excluding ortho intramolecular Hbond substituents is 1. The molecule has 0 saturated carbocycles. The van der Waals surface area contributed by atoms with Gasteiger partial charge in [-0.15, -0.1) is 0 Å². The minimum atomic E-state index is -0.237. The van der Waals surface area contributed by atoms with E-state index in [0.29, 0.717) is 10.5 Å². The summed E-state index contributed by atoms with van der Waals surface area (Å²) in [5, 5.41) is 10.6. The number of amidine groups is 1. The summed E-state index contributed by atoms with van der Waals surface area (Å²) >= 11 is 1.38. The molecule has 1 amide bonds. The fraction of sp³-hybridized carbons (Fsp3) is 0.200. The number of piperazine rings is 1. The van der Waals surface area contributed by atoms with Crippen LogP contribution in [0.5, 0.6) is 5.75 Å². The van der Waals surface area contributed by atoms with Crippen molar-refractivity contribution in [3.8, 4) is 5.75 Å². The van der Waals surface area contributed by atoms with E-state index in [4.69, 9.17) is 0 Å². The maximum atomic E-state index is 12.2. The Morgan fingerprint density at radius 2 is 1.58 bits per heavy atom. The summed E-state index contributed by atoms with van der Waals surface area (Å²) < 4.78 is 0. The fourth-order valence-corrected chi connectivity index (χ4v) is 4.03. The highest BCUT2D eigenvalue weighted by Gasteiger charge is 2.28. The van der Waals surface area contributed by atoms with Crippen molar-refractivity contribution in [2.24, 2.45) is 4.99 Å². The van der Waals surface area contributed by atoms with Crippen LogP contribution in [0.4, 0.5) is 5.69 Å². The van der Waals surface area contributed by atoms with E-state index in [2.05, 4.69) is 26.9 Å². The monoisotopic (exact) mass is 365 g/mol. The molecule has 2 aromatic rings. The Morgan fingerprint density at radius 3 is 2.31 bits per heavy atom. The highest BCUT2D eigenvalue weighted by molar-refractivity contribution is 8.18. The maximum absolute atomic E-state index is 12.2. The van der Waals surface area contributed by atoms with Gasteiger partial charge < -0.3 is 14.9 Å². The second kappa shape index (κ2) is 7.25. The number of thioether (sulfide) groups is 1. The highest BCUT2D eigenvalue weighted by Crippen LogP contribution is 2.32. The third-order valence-electron chi connectivity index (χ3n) is 4.50. The summed E-state index contributed by atoms with van der Waals surface area (Å²) in [7, 11) is 0. The Bertz CT molecular complexity index is 872. The van der Waals surface area contributed by atoms with Crippen LogP contribution in [0.1, 0.15) is 5.56 Å². The second-order valence-corrected chi connectivity index (χ2v) is 7.19. The number of rotatable bonds is 2. The van der Waals surface area contributed by atoms with Gasteiger partial charge in [-0.05, 0) is 36.0 Å². The van der Waals surface area contributed by atoms with Gasteiger partial charge in [0.1, 0.15) is 5.75 Å². The van der Waals surface area contributed by atoms with Gasteiger partial charge in [0.05, 0.1) is 4.91 Å². The molecule has 26 heavy (non-hydrogen) atoms. The van der Waals surface area contributed by atoms with Gasteiger partial charge in [-0.3, -0.25) is 4.79 Å². The number of amides is 1. The van der Waals surface area contributed by atoms with Gasteiger partial charge in [-0.25, -0.2) is 0 Å². The molecule has 1 saturated heterocycles. The number of carbonyl (C=O) groups excluding carboxylic acids is 1. The number of aliphatic imine (C=N–C) groups is 1. The smallest absolute Gasteiger partial charge is 0.286 e. The van der Waals surface area contributed by atoms with Crippen LogP contribution in [0.15, 0.2) is 64.5 Å². The minimum Gasteiger partial charge on any atom is -0.507 e. The molecule has 0 atom stereocenters. The van der Waals surface area contributed by atoms with Crippen molar-refractivity contribution in [3.05, 3.63) is 65.1 Å². The topological polar surface area (TPSA) is 56.1 Å². The highest BCUT2D eigenvalue weighted by atomic mass is 32.2. The first kappa shape index (κ1) is 16.7. The van der Waals surface area contributed by atoms with Crippen molar-refractivity contribution in [1.82, 2.24) is 4.90 Å². The van der Waals surface area contributed by atoms with Crippen LogP contribution in [-0.2, 0) is 4.79 Å². The van der Waals surface area contributed by atoms with Crippen LogP contribution in [0.25, 0.3) is 6.08 Å². The van der Waals surface area contributed by atoms with E-state index in [9.17, 15) is 9.90 Å². The number of phenols is 1. The number of carbonyl (C=O) groups is 1. The molecule has 132 valence electrons. The standard InChI is InChI=1S/C20H19N3O2S/c24-17-9-5-4-6-15(17)14-18-19(25)21-20(26-18)23-12-10-22(11-13-23)16-7-2-1-3-8-16/h1-9,14,24H,10-13H2/b18-14-. The summed E-state index contributed by atoms with van der Waals surface area (Å²) in [6, 6.07) is 17.3.